The molecule has 0 N–H and O–H groups in total. The molecular formula is C42H30BN3S. The van der Waals surface area contributed by atoms with E-state index >= 15 is 0 Å². The predicted octanol–water partition coefficient (Wildman–Crippen LogP) is 8.83. The molecule has 0 fully saturated rings. The van der Waals surface area contributed by atoms with Crippen LogP contribution in [0.3, 0.4) is 0 Å². The van der Waals surface area contributed by atoms with Crippen molar-refractivity contribution < 1.29 is 0 Å². The SMILES string of the molecule is CC(C)(C)c1cc2c3c(c1)N(c1ccccc1)c1c(C#N)cc(-c4ccccc4)cc1B3c1cc(-c3ccccc3)cc(C#N)c1S2. The molecule has 2 aliphatic heterocycles. The largest absolute Gasteiger partial charge is 0.310 e. The van der Waals surface area contributed by atoms with Gasteiger partial charge >= 0.3 is 0 Å². The maximum atomic E-state index is 10.8. The highest BCUT2D eigenvalue weighted by atomic mass is 32.2. The average molecular weight is 620 g/mol. The molecule has 2 heterocycles. The van der Waals surface area contributed by atoms with Crippen LogP contribution in [0.5, 0.6) is 0 Å². The van der Waals surface area contributed by atoms with E-state index in [2.05, 4.69) is 111 Å². The van der Waals surface area contributed by atoms with Gasteiger partial charge in [0.25, 0.3) is 0 Å². The van der Waals surface area contributed by atoms with Gasteiger partial charge in [-0.3, -0.25) is 0 Å². The van der Waals surface area contributed by atoms with Gasteiger partial charge in [0.1, 0.15) is 12.1 Å². The number of hydrogen-bond acceptors (Lipinski definition) is 4. The molecule has 5 heteroatoms. The molecule has 0 aliphatic carbocycles. The van der Waals surface area contributed by atoms with E-state index in [0.29, 0.717) is 11.1 Å². The number of anilines is 3. The van der Waals surface area contributed by atoms with Crippen molar-refractivity contribution in [2.75, 3.05) is 4.90 Å². The normalized spacial score (nSPS) is 12.8. The molecule has 222 valence electrons. The summed E-state index contributed by atoms with van der Waals surface area (Å²) in [6.07, 6.45) is 0. The summed E-state index contributed by atoms with van der Waals surface area (Å²) in [5.41, 5.74) is 12.9. The Balaban J connectivity index is 1.52. The third kappa shape index (κ3) is 4.75. The van der Waals surface area contributed by atoms with Gasteiger partial charge in [-0.15, -0.1) is 0 Å². The molecule has 6 aromatic rings. The Kier molecular flexibility index (Phi) is 6.83. The summed E-state index contributed by atoms with van der Waals surface area (Å²) in [4.78, 5) is 4.44. The second-order valence-corrected chi connectivity index (χ2v) is 14.3. The summed E-state index contributed by atoms with van der Waals surface area (Å²) >= 11 is 1.70. The Bertz CT molecular complexity index is 2280. The molecule has 6 aromatic carbocycles. The van der Waals surface area contributed by atoms with E-state index in [1.807, 2.05) is 54.6 Å². The fourth-order valence-corrected chi connectivity index (χ4v) is 8.28. The number of rotatable bonds is 3. The molecule has 0 unspecified atom stereocenters. The molecule has 0 atom stereocenters. The van der Waals surface area contributed by atoms with Gasteiger partial charge in [0.2, 0.25) is 6.71 Å². The number of hydrogen-bond donors (Lipinski definition) is 0. The van der Waals surface area contributed by atoms with Gasteiger partial charge in [0.15, 0.2) is 0 Å². The van der Waals surface area contributed by atoms with E-state index in [1.54, 1.807) is 11.8 Å². The zero-order valence-corrected chi connectivity index (χ0v) is 27.3. The van der Waals surface area contributed by atoms with Crippen molar-refractivity contribution >= 4 is 51.9 Å². The van der Waals surface area contributed by atoms with E-state index in [4.69, 9.17) is 0 Å². The minimum atomic E-state index is -0.174. The lowest BCUT2D eigenvalue weighted by molar-refractivity contribution is 0.589. The highest BCUT2D eigenvalue weighted by Crippen LogP contribution is 2.46. The number of para-hydroxylation sites is 1. The maximum absolute atomic E-state index is 10.8. The predicted molar refractivity (Wildman–Crippen MR) is 195 cm³/mol. The zero-order chi connectivity index (χ0) is 32.3. The molecule has 3 nitrogen and oxygen atoms in total. The van der Waals surface area contributed by atoms with Crippen LogP contribution < -0.4 is 21.3 Å². The van der Waals surface area contributed by atoms with E-state index in [0.717, 1.165) is 60.0 Å². The first kappa shape index (κ1) is 29.0. The summed E-state index contributed by atoms with van der Waals surface area (Å²) < 4.78 is 0. The fourth-order valence-electron chi connectivity index (χ4n) is 7.03. The van der Waals surface area contributed by atoms with E-state index in [1.165, 1.54) is 11.0 Å². The molecule has 0 aromatic heterocycles. The second-order valence-electron chi connectivity index (χ2n) is 13.2. The molecule has 8 rings (SSSR count). The van der Waals surface area contributed by atoms with Crippen LogP contribution in [0.2, 0.25) is 0 Å². The van der Waals surface area contributed by atoms with Crippen molar-refractivity contribution in [3.63, 3.8) is 0 Å². The highest BCUT2D eigenvalue weighted by Gasteiger charge is 2.44. The lowest BCUT2D eigenvalue weighted by atomic mass is 9.34. The van der Waals surface area contributed by atoms with Crippen LogP contribution in [-0.4, -0.2) is 6.71 Å². The molecule has 47 heavy (non-hydrogen) atoms. The number of fused-ring (bicyclic) bond motifs is 4. The van der Waals surface area contributed by atoms with Crippen LogP contribution in [0.4, 0.5) is 17.1 Å². The van der Waals surface area contributed by atoms with Crippen LogP contribution in [0.25, 0.3) is 22.3 Å². The van der Waals surface area contributed by atoms with E-state index in [-0.39, 0.29) is 12.1 Å². The van der Waals surface area contributed by atoms with Crippen LogP contribution in [0.15, 0.2) is 137 Å². The van der Waals surface area contributed by atoms with Gasteiger partial charge in [0.05, 0.1) is 16.8 Å². The maximum Gasteiger partial charge on any atom is 0.249 e. The summed E-state index contributed by atoms with van der Waals surface area (Å²) in [7, 11) is 0. The lowest BCUT2D eigenvalue weighted by Gasteiger charge is -2.42. The van der Waals surface area contributed by atoms with Crippen LogP contribution in [0.1, 0.15) is 37.5 Å². The number of benzene rings is 6. The molecule has 0 bridgehead atoms. The fraction of sp³-hybridized carbons (Fsp3) is 0.0952. The Morgan fingerprint density at radius 1 is 0.617 bits per heavy atom. The molecule has 0 saturated carbocycles. The molecule has 0 spiro atoms. The van der Waals surface area contributed by atoms with Crippen molar-refractivity contribution in [1.29, 1.82) is 10.5 Å². The third-order valence-electron chi connectivity index (χ3n) is 9.30. The van der Waals surface area contributed by atoms with Gasteiger partial charge < -0.3 is 4.90 Å². The van der Waals surface area contributed by atoms with Gasteiger partial charge in [0, 0.05) is 21.2 Å². The van der Waals surface area contributed by atoms with Crippen LogP contribution in [-0.2, 0) is 5.41 Å². The van der Waals surface area contributed by atoms with Gasteiger partial charge in [-0.05, 0) is 80.6 Å². The standard InChI is InChI=1S/C42H30BN3S/c1-42(2,3)33-23-37-39-38(24-33)47-41-32(26-45)20-30(28-15-9-5-10-16-28)22-36(41)43(39)35-21-29(27-13-7-4-8-14-27)19-31(25-44)40(35)46(37)34-17-11-6-12-18-34/h4-24H,1-3H3. The second kappa shape index (κ2) is 11.1. The van der Waals surface area contributed by atoms with Crippen molar-refractivity contribution in [1.82, 2.24) is 0 Å². The molecular weight excluding hydrogens is 589 g/mol. The van der Waals surface area contributed by atoms with Crippen molar-refractivity contribution in [2.45, 2.75) is 36.0 Å². The van der Waals surface area contributed by atoms with Crippen LogP contribution >= 0.6 is 11.8 Å². The van der Waals surface area contributed by atoms with Crippen molar-refractivity contribution in [3.8, 4) is 34.4 Å². The molecule has 0 saturated heterocycles. The highest BCUT2D eigenvalue weighted by molar-refractivity contribution is 8.00. The third-order valence-corrected chi connectivity index (χ3v) is 10.5. The van der Waals surface area contributed by atoms with E-state index in [9.17, 15) is 10.5 Å². The van der Waals surface area contributed by atoms with Gasteiger partial charge in [-0.25, -0.2) is 0 Å². The summed E-state index contributed by atoms with van der Waals surface area (Å²) in [5, 5.41) is 21.4. The van der Waals surface area contributed by atoms with Crippen molar-refractivity contribution in [2.24, 2.45) is 0 Å². The van der Waals surface area contributed by atoms with Gasteiger partial charge in [-0.2, -0.15) is 10.5 Å². The Labute approximate surface area is 280 Å². The lowest BCUT2D eigenvalue weighted by Crippen LogP contribution is -2.60. The first-order chi connectivity index (χ1) is 22.9. The van der Waals surface area contributed by atoms with Crippen molar-refractivity contribution in [3.05, 3.63) is 144 Å². The number of nitrogens with zero attached hydrogens (tertiary/aromatic N) is 3. The summed E-state index contributed by atoms with van der Waals surface area (Å²) in [6, 6.07) is 49.4. The average Bonchev–Trinajstić information content (AvgIpc) is 3.11. The molecule has 0 amide bonds. The quantitative estimate of drug-likeness (QED) is 0.186. The van der Waals surface area contributed by atoms with E-state index < -0.39 is 0 Å². The minimum absolute atomic E-state index is 0.116. The number of nitriles is 2. The van der Waals surface area contributed by atoms with Gasteiger partial charge in [-0.1, -0.05) is 129 Å². The topological polar surface area (TPSA) is 50.8 Å². The monoisotopic (exact) mass is 619 g/mol. The smallest absolute Gasteiger partial charge is 0.249 e. The minimum Gasteiger partial charge on any atom is -0.310 e. The first-order valence-corrected chi connectivity index (χ1v) is 16.7. The first-order valence-electron chi connectivity index (χ1n) is 15.8. The summed E-state index contributed by atoms with van der Waals surface area (Å²) in [5.74, 6) is 0. The summed E-state index contributed by atoms with van der Waals surface area (Å²) in [6.45, 7) is 6.55. The molecule has 0 radical (unpaired) electrons. The Morgan fingerprint density at radius 2 is 1.17 bits per heavy atom. The Morgan fingerprint density at radius 3 is 1.74 bits per heavy atom. The Hall–Kier alpha value is -5.49. The van der Waals surface area contributed by atoms with Crippen LogP contribution in [0, 0.1) is 22.7 Å². The molecule has 2 aliphatic rings. The zero-order valence-electron chi connectivity index (χ0n) is 26.5.